The first-order chi connectivity index (χ1) is 2.89. The van der Waals surface area contributed by atoms with Crippen molar-refractivity contribution in [3.05, 3.63) is 0 Å². The second-order valence-corrected chi connectivity index (χ2v) is 0.794. The first-order valence-electron chi connectivity index (χ1n) is 1.42. The van der Waals surface area contributed by atoms with Crippen molar-refractivity contribution in [1.29, 1.82) is 0 Å². The number of carbonyl (C=O) groups excluding carboxylic acids is 1. The molecule has 6 heavy (non-hydrogen) atoms. The predicted octanol–water partition coefficient (Wildman–Crippen LogP) is -0.602. The minimum atomic E-state index is -0.394. The fourth-order valence-corrected chi connectivity index (χ4v) is 0.194. The van der Waals surface area contributed by atoms with Gasteiger partial charge in [-0.1, -0.05) is 4.79 Å². The Kier molecular flexibility index (Phi) is 0.465. The Morgan fingerprint density at radius 3 is 3.00 bits per heavy atom. The van der Waals surface area contributed by atoms with E-state index in [-0.39, 0.29) is 0 Å². The summed E-state index contributed by atoms with van der Waals surface area (Å²) >= 11 is 0. The Balaban J connectivity index is 2.79. The van der Waals surface area contributed by atoms with Crippen LogP contribution in [-0.2, 0) is 0 Å². The summed E-state index contributed by atoms with van der Waals surface area (Å²) in [7, 11) is 0. The van der Waals surface area contributed by atoms with Crippen molar-refractivity contribution in [2.24, 2.45) is 5.11 Å². The van der Waals surface area contributed by atoms with E-state index in [4.69, 9.17) is 0 Å². The van der Waals surface area contributed by atoms with E-state index < -0.39 is 6.03 Å². The van der Waals surface area contributed by atoms with Gasteiger partial charge in [0.15, 0.2) is 0 Å². The van der Waals surface area contributed by atoms with E-state index >= 15 is 0 Å². The maximum absolute atomic E-state index is 9.84. The van der Waals surface area contributed by atoms with Gasteiger partial charge in [0.1, 0.15) is 5.11 Å². The van der Waals surface area contributed by atoms with Crippen molar-refractivity contribution in [3.63, 3.8) is 0 Å². The van der Waals surface area contributed by atoms with Gasteiger partial charge in [-0.15, -0.1) is 0 Å². The van der Waals surface area contributed by atoms with Gasteiger partial charge in [-0.2, -0.15) is 5.32 Å². The molecule has 0 unspecified atom stereocenters. The zero-order valence-corrected chi connectivity index (χ0v) is 2.88. The summed E-state index contributed by atoms with van der Waals surface area (Å²) in [5.41, 5.74) is 0. The molecule has 0 radical (unpaired) electrons. The van der Waals surface area contributed by atoms with E-state index in [0.29, 0.717) is 0 Å². The van der Waals surface area contributed by atoms with Crippen LogP contribution in [-0.4, -0.2) is 17.2 Å². The van der Waals surface area contributed by atoms with E-state index in [1.54, 1.807) is 0 Å². The number of amides is 2. The molecule has 0 saturated heterocycles. The number of urea groups is 1. The molecule has 4 heteroatoms. The predicted molar refractivity (Wildman–Crippen MR) is 17.3 cm³/mol. The summed E-state index contributed by atoms with van der Waals surface area (Å²) in [4.78, 5) is 13.0. The SMILES string of the molecule is O=C1N=[N+]=CN1. The highest BCUT2D eigenvalue weighted by Gasteiger charge is 2.07. The smallest absolute Gasteiger partial charge is 0.213 e. The van der Waals surface area contributed by atoms with Gasteiger partial charge < -0.3 is 0 Å². The Morgan fingerprint density at radius 2 is 2.83 bits per heavy atom. The molecule has 0 aromatic rings. The summed E-state index contributed by atoms with van der Waals surface area (Å²) in [5.74, 6) is 0. The number of nitrogens with one attached hydrogen (secondary N) is 1. The highest BCUT2D eigenvalue weighted by Crippen LogP contribution is 1.68. The van der Waals surface area contributed by atoms with Crippen LogP contribution in [0.3, 0.4) is 0 Å². The molecule has 30 valence electrons. The maximum Gasteiger partial charge on any atom is 0.483 e. The number of carbonyl (C=O) groups is 1. The van der Waals surface area contributed by atoms with Crippen LogP contribution in [0.15, 0.2) is 5.11 Å². The van der Waals surface area contributed by atoms with E-state index in [2.05, 4.69) is 15.2 Å². The molecular formula is C2H2N3O+. The molecule has 0 saturated carbocycles. The molecule has 0 atom stereocenters. The molecule has 0 bridgehead atoms. The van der Waals surface area contributed by atoms with E-state index in [0.717, 1.165) is 0 Å². The number of rotatable bonds is 0. The van der Waals surface area contributed by atoms with Crippen LogP contribution in [0.4, 0.5) is 4.79 Å². The maximum atomic E-state index is 9.84. The molecule has 4 nitrogen and oxygen atoms in total. The third-order valence-corrected chi connectivity index (χ3v) is 0.394. The molecule has 1 aliphatic rings. The van der Waals surface area contributed by atoms with E-state index in [1.807, 2.05) is 0 Å². The quantitative estimate of drug-likeness (QED) is 0.391. The van der Waals surface area contributed by atoms with Gasteiger partial charge in [0.05, 0.1) is 0 Å². The van der Waals surface area contributed by atoms with Crippen LogP contribution in [0.1, 0.15) is 0 Å². The fourth-order valence-electron chi connectivity index (χ4n) is 0.194. The third kappa shape index (κ3) is 0.285. The molecule has 0 aromatic heterocycles. The summed E-state index contributed by atoms with van der Waals surface area (Å²) < 4.78 is 0. The molecule has 1 aliphatic heterocycles. The second-order valence-electron chi connectivity index (χ2n) is 0.794. The standard InChI is InChI=1S/C2HN3O/c6-2-3-1-4-5-2/h1H/p+1. The molecule has 2 amide bonds. The lowest BCUT2D eigenvalue weighted by atomic mass is 11.0. The van der Waals surface area contributed by atoms with Crippen LogP contribution in [0.5, 0.6) is 0 Å². The number of hydrogen-bond acceptors (Lipinski definition) is 1. The van der Waals surface area contributed by atoms with E-state index in [9.17, 15) is 4.79 Å². The van der Waals surface area contributed by atoms with Crippen molar-refractivity contribution in [2.75, 3.05) is 0 Å². The van der Waals surface area contributed by atoms with Crippen molar-refractivity contribution < 1.29 is 9.58 Å². The molecule has 1 rings (SSSR count). The fraction of sp³-hybridized carbons (Fsp3) is 0. The van der Waals surface area contributed by atoms with Crippen molar-refractivity contribution in [1.82, 2.24) is 5.32 Å². The number of nitrogens with zero attached hydrogens (tertiary/aromatic N) is 2. The molecular weight excluding hydrogens is 82.0 g/mol. The van der Waals surface area contributed by atoms with E-state index in [1.165, 1.54) is 6.34 Å². The summed E-state index contributed by atoms with van der Waals surface area (Å²) in [5, 5.41) is 5.28. The van der Waals surface area contributed by atoms with Gasteiger partial charge in [-0.05, 0) is 0 Å². The zero-order chi connectivity index (χ0) is 4.41. The van der Waals surface area contributed by atoms with Crippen molar-refractivity contribution >= 4 is 12.4 Å². The highest BCUT2D eigenvalue weighted by atomic mass is 16.2. The second kappa shape index (κ2) is 0.914. The van der Waals surface area contributed by atoms with Gasteiger partial charge >= 0.3 is 12.4 Å². The van der Waals surface area contributed by atoms with Gasteiger partial charge in [0.2, 0.25) is 0 Å². The Labute approximate surface area is 33.6 Å². The van der Waals surface area contributed by atoms with Crippen LogP contribution in [0.2, 0.25) is 0 Å². The highest BCUT2D eigenvalue weighted by molar-refractivity contribution is 5.86. The summed E-state index contributed by atoms with van der Waals surface area (Å²) in [6, 6.07) is -0.394. The lowest BCUT2D eigenvalue weighted by Gasteiger charge is -1.58. The lowest BCUT2D eigenvalue weighted by molar-refractivity contribution is -0.0634. The normalized spacial score (nSPS) is 15.7. The average Bonchev–Trinajstić information content (AvgIpc) is 1.86. The van der Waals surface area contributed by atoms with Gasteiger partial charge in [0.25, 0.3) is 0 Å². The number of hydrogen-bond donors (Lipinski definition) is 1. The largest absolute Gasteiger partial charge is 0.483 e. The van der Waals surface area contributed by atoms with Gasteiger partial charge in [-0.3, -0.25) is 0 Å². The lowest BCUT2D eigenvalue weighted by Crippen LogP contribution is -2.11. The average molecular weight is 84.1 g/mol. The summed E-state index contributed by atoms with van der Waals surface area (Å²) in [6.45, 7) is 0. The van der Waals surface area contributed by atoms with Gasteiger partial charge in [-0.25, -0.2) is 4.79 Å². The topological polar surface area (TPSA) is 55.6 Å². The first-order valence-corrected chi connectivity index (χ1v) is 1.42. The van der Waals surface area contributed by atoms with Crippen LogP contribution in [0, 0.1) is 0 Å². The molecule has 0 spiro atoms. The Bertz CT molecular complexity index is 132. The minimum Gasteiger partial charge on any atom is -0.213 e. The van der Waals surface area contributed by atoms with Gasteiger partial charge in [0, 0.05) is 0 Å². The van der Waals surface area contributed by atoms with Crippen LogP contribution < -0.4 is 5.32 Å². The summed E-state index contributed by atoms with van der Waals surface area (Å²) in [6.07, 6.45) is 1.24. The Hall–Kier alpha value is -1.15. The molecule has 0 aliphatic carbocycles. The monoisotopic (exact) mass is 84.0 g/mol. The molecule has 1 N–H and O–H groups in total. The molecule has 0 fully saturated rings. The first kappa shape index (κ1) is 3.06. The molecule has 1 heterocycles. The zero-order valence-electron chi connectivity index (χ0n) is 2.88. The van der Waals surface area contributed by atoms with Crippen molar-refractivity contribution in [2.45, 2.75) is 0 Å². The van der Waals surface area contributed by atoms with Crippen LogP contribution in [0.25, 0.3) is 0 Å². The van der Waals surface area contributed by atoms with Crippen LogP contribution >= 0.6 is 0 Å². The third-order valence-electron chi connectivity index (χ3n) is 0.394. The minimum absolute atomic E-state index is 0.394. The van der Waals surface area contributed by atoms with Crippen molar-refractivity contribution in [3.8, 4) is 0 Å². The molecule has 0 aromatic carbocycles. The Morgan fingerprint density at radius 1 is 2.00 bits per heavy atom.